The van der Waals surface area contributed by atoms with Crippen molar-refractivity contribution in [1.82, 2.24) is 0 Å². The smallest absolute Gasteiger partial charge is 0.303 e. The van der Waals surface area contributed by atoms with Gasteiger partial charge in [0.25, 0.3) is 0 Å². The Kier molecular flexibility index (Phi) is 8.11. The number of carbonyl (C=O) groups is 3. The Bertz CT molecular complexity index is 223. The number of carboxylic acid groups (broad SMARTS) is 2. The number of aliphatic carboxylic acids is 2. The minimum absolute atomic E-state index is 0.296. The van der Waals surface area contributed by atoms with E-state index in [0.717, 1.165) is 25.7 Å². The first-order chi connectivity index (χ1) is 7.52. The van der Waals surface area contributed by atoms with E-state index in [1.54, 1.807) is 0 Å². The highest BCUT2D eigenvalue weighted by atomic mass is 16.4. The molecular formula is C11H18O5. The van der Waals surface area contributed by atoms with Crippen LogP contribution in [0.15, 0.2) is 0 Å². The molecule has 0 aromatic carbocycles. The predicted molar refractivity (Wildman–Crippen MR) is 57.2 cm³/mol. The van der Waals surface area contributed by atoms with E-state index in [0.29, 0.717) is 5.78 Å². The van der Waals surface area contributed by atoms with Gasteiger partial charge < -0.3 is 10.2 Å². The zero-order chi connectivity index (χ0) is 12.4. The molecule has 5 heteroatoms. The van der Waals surface area contributed by atoms with Gasteiger partial charge in [-0.1, -0.05) is 12.8 Å². The van der Waals surface area contributed by atoms with E-state index < -0.39 is 11.9 Å². The number of carboxylic acids is 2. The maximum absolute atomic E-state index is 10.7. The first-order valence-corrected chi connectivity index (χ1v) is 5.47. The van der Waals surface area contributed by atoms with Gasteiger partial charge in [0, 0.05) is 12.8 Å². The number of rotatable bonds is 3. The fraction of sp³-hybridized carbons (Fsp3) is 0.727. The zero-order valence-electron chi connectivity index (χ0n) is 9.28. The topological polar surface area (TPSA) is 91.7 Å². The summed E-state index contributed by atoms with van der Waals surface area (Å²) < 4.78 is 0. The zero-order valence-corrected chi connectivity index (χ0v) is 9.28. The van der Waals surface area contributed by atoms with E-state index in [9.17, 15) is 14.4 Å². The van der Waals surface area contributed by atoms with E-state index in [4.69, 9.17) is 10.2 Å². The second-order valence-electron chi connectivity index (χ2n) is 3.74. The van der Waals surface area contributed by atoms with Crippen LogP contribution in [0, 0.1) is 0 Å². The molecule has 0 unspecified atom stereocenters. The summed E-state index contributed by atoms with van der Waals surface area (Å²) >= 11 is 0. The van der Waals surface area contributed by atoms with Crippen molar-refractivity contribution in [2.75, 3.05) is 0 Å². The van der Waals surface area contributed by atoms with Crippen molar-refractivity contribution < 1.29 is 24.6 Å². The fourth-order valence-electron chi connectivity index (χ4n) is 1.34. The third-order valence-electron chi connectivity index (χ3n) is 2.21. The van der Waals surface area contributed by atoms with Crippen LogP contribution in [0.25, 0.3) is 0 Å². The van der Waals surface area contributed by atoms with Gasteiger partial charge in [-0.25, -0.2) is 0 Å². The van der Waals surface area contributed by atoms with Crippen molar-refractivity contribution in [3.05, 3.63) is 0 Å². The van der Waals surface area contributed by atoms with Crippen molar-refractivity contribution >= 4 is 17.7 Å². The molecular weight excluding hydrogens is 212 g/mol. The van der Waals surface area contributed by atoms with Crippen LogP contribution in [0.2, 0.25) is 0 Å². The lowest BCUT2D eigenvalue weighted by Gasteiger charge is -1.87. The maximum atomic E-state index is 10.7. The highest BCUT2D eigenvalue weighted by molar-refractivity contribution is 5.78. The standard InChI is InChI=1S/C7H12O.C4H6O4/c8-7-5-3-1-2-4-6-7;5-3(6)1-2-4(7)8/h1-6H2;1-2H2,(H,5,6)(H,7,8). The van der Waals surface area contributed by atoms with Gasteiger partial charge in [0.05, 0.1) is 12.8 Å². The van der Waals surface area contributed by atoms with Crippen molar-refractivity contribution in [1.29, 1.82) is 0 Å². The minimum atomic E-state index is -1.08. The molecule has 0 atom stereocenters. The largest absolute Gasteiger partial charge is 0.481 e. The van der Waals surface area contributed by atoms with Gasteiger partial charge in [0.2, 0.25) is 0 Å². The van der Waals surface area contributed by atoms with E-state index in [1.807, 2.05) is 0 Å². The third kappa shape index (κ3) is 10.7. The first-order valence-electron chi connectivity index (χ1n) is 5.47. The predicted octanol–water partition coefficient (Wildman–Crippen LogP) is 1.85. The average Bonchev–Trinajstić information content (AvgIpc) is 2.44. The van der Waals surface area contributed by atoms with Crippen LogP contribution in [0.1, 0.15) is 51.4 Å². The summed E-state index contributed by atoms with van der Waals surface area (Å²) in [7, 11) is 0. The van der Waals surface area contributed by atoms with Gasteiger partial charge in [0.15, 0.2) is 0 Å². The summed E-state index contributed by atoms with van der Waals surface area (Å²) in [5, 5.41) is 15.8. The Hall–Kier alpha value is -1.39. The normalized spacial score (nSPS) is 15.6. The Morgan fingerprint density at radius 2 is 1.25 bits per heavy atom. The van der Waals surface area contributed by atoms with Gasteiger partial charge in [-0.2, -0.15) is 0 Å². The van der Waals surface area contributed by atoms with Crippen molar-refractivity contribution in [3.8, 4) is 0 Å². The fourth-order valence-corrected chi connectivity index (χ4v) is 1.34. The molecule has 1 fully saturated rings. The Morgan fingerprint density at radius 1 is 0.875 bits per heavy atom. The minimum Gasteiger partial charge on any atom is -0.481 e. The van der Waals surface area contributed by atoms with Gasteiger partial charge in [-0.15, -0.1) is 0 Å². The van der Waals surface area contributed by atoms with Gasteiger partial charge >= 0.3 is 11.9 Å². The molecule has 5 nitrogen and oxygen atoms in total. The van der Waals surface area contributed by atoms with Gasteiger partial charge in [0.1, 0.15) is 5.78 Å². The molecule has 0 heterocycles. The summed E-state index contributed by atoms with van der Waals surface area (Å²) in [5.74, 6) is -1.68. The van der Waals surface area contributed by atoms with Crippen LogP contribution in [0.3, 0.4) is 0 Å². The number of hydrogen-bond donors (Lipinski definition) is 2. The maximum Gasteiger partial charge on any atom is 0.303 e. The summed E-state index contributed by atoms with van der Waals surface area (Å²) in [4.78, 5) is 30.0. The number of hydrogen-bond acceptors (Lipinski definition) is 3. The molecule has 0 aromatic heterocycles. The SMILES string of the molecule is O=C(O)CCC(=O)O.O=C1CCCCCC1. The summed E-state index contributed by atoms with van der Waals surface area (Å²) in [6.45, 7) is 0. The molecule has 1 aliphatic rings. The van der Waals surface area contributed by atoms with Crippen LogP contribution in [-0.4, -0.2) is 27.9 Å². The van der Waals surface area contributed by atoms with Crippen molar-refractivity contribution in [3.63, 3.8) is 0 Å². The Balaban J connectivity index is 0.000000281. The molecule has 0 bridgehead atoms. The summed E-state index contributed by atoms with van der Waals surface area (Å²) in [6, 6.07) is 0. The molecule has 0 aliphatic heterocycles. The van der Waals surface area contributed by atoms with E-state index >= 15 is 0 Å². The third-order valence-corrected chi connectivity index (χ3v) is 2.21. The van der Waals surface area contributed by atoms with Crippen LogP contribution in [0.5, 0.6) is 0 Å². The lowest BCUT2D eigenvalue weighted by molar-refractivity contribution is -0.143. The molecule has 0 saturated heterocycles. The quantitative estimate of drug-likeness (QED) is 0.722. The molecule has 16 heavy (non-hydrogen) atoms. The van der Waals surface area contributed by atoms with Crippen LogP contribution < -0.4 is 0 Å². The van der Waals surface area contributed by atoms with E-state index in [-0.39, 0.29) is 12.8 Å². The monoisotopic (exact) mass is 230 g/mol. The van der Waals surface area contributed by atoms with Crippen molar-refractivity contribution in [2.24, 2.45) is 0 Å². The molecule has 1 saturated carbocycles. The van der Waals surface area contributed by atoms with Gasteiger partial charge in [-0.3, -0.25) is 14.4 Å². The number of Topliss-reactive ketones (excluding diaryl/α,β-unsaturated/α-hetero) is 1. The molecule has 1 rings (SSSR count). The average molecular weight is 230 g/mol. The highest BCUT2D eigenvalue weighted by Crippen LogP contribution is 2.12. The van der Waals surface area contributed by atoms with Crippen LogP contribution >= 0.6 is 0 Å². The molecule has 0 spiro atoms. The molecule has 0 radical (unpaired) electrons. The number of ketones is 1. The van der Waals surface area contributed by atoms with Gasteiger partial charge in [-0.05, 0) is 12.8 Å². The highest BCUT2D eigenvalue weighted by Gasteiger charge is 2.05. The number of carbonyl (C=O) groups excluding carboxylic acids is 1. The first kappa shape index (κ1) is 14.6. The molecule has 0 aromatic rings. The Morgan fingerprint density at radius 3 is 1.56 bits per heavy atom. The second kappa shape index (κ2) is 8.88. The molecule has 0 amide bonds. The molecule has 2 N–H and O–H groups in total. The lowest BCUT2D eigenvalue weighted by atomic mass is 10.2. The lowest BCUT2D eigenvalue weighted by Crippen LogP contribution is -2.00. The second-order valence-corrected chi connectivity index (χ2v) is 3.74. The molecule has 1 aliphatic carbocycles. The van der Waals surface area contributed by atoms with E-state index in [2.05, 4.69) is 0 Å². The summed E-state index contributed by atoms with van der Waals surface area (Å²) in [5.41, 5.74) is 0. The van der Waals surface area contributed by atoms with Crippen LogP contribution in [0.4, 0.5) is 0 Å². The Labute approximate surface area is 94.5 Å². The van der Waals surface area contributed by atoms with Crippen LogP contribution in [-0.2, 0) is 14.4 Å². The van der Waals surface area contributed by atoms with Crippen molar-refractivity contribution in [2.45, 2.75) is 51.4 Å². The summed E-state index contributed by atoms with van der Waals surface area (Å²) in [6.07, 6.45) is 5.92. The van der Waals surface area contributed by atoms with E-state index in [1.165, 1.54) is 12.8 Å². The molecule has 92 valence electrons.